The average Bonchev–Trinajstić information content (AvgIpc) is 2.23. The number of piperidine rings is 1. The number of rotatable bonds is 2. The summed E-state index contributed by atoms with van der Waals surface area (Å²) in [5, 5.41) is 7.79. The first-order chi connectivity index (χ1) is 6.86. The molecule has 2 heterocycles. The summed E-state index contributed by atoms with van der Waals surface area (Å²) in [7, 11) is 0. The monoisotopic (exact) mass is 198 g/mol. The fourth-order valence-corrected chi connectivity index (χ4v) is 1.98. The third-order valence-electron chi connectivity index (χ3n) is 2.78. The maximum absolute atomic E-state index is 7.79. The molecule has 0 spiro atoms. The van der Waals surface area contributed by atoms with Crippen LogP contribution in [0.2, 0.25) is 0 Å². The summed E-state index contributed by atoms with van der Waals surface area (Å²) >= 11 is 0. The van der Waals surface area contributed by atoms with E-state index in [-0.39, 0.29) is 6.10 Å². The van der Waals surface area contributed by atoms with Gasteiger partial charge in [0.15, 0.2) is 0 Å². The lowest BCUT2D eigenvalue weighted by Gasteiger charge is -2.33. The Bertz CT molecular complexity index is 202. The first-order valence-corrected chi connectivity index (χ1v) is 5.38. The maximum atomic E-state index is 7.79. The summed E-state index contributed by atoms with van der Waals surface area (Å²) in [6.07, 6.45) is 3.46. The van der Waals surface area contributed by atoms with Crippen molar-refractivity contribution in [1.29, 1.82) is 5.41 Å². The predicted molar refractivity (Wildman–Crippen MR) is 53.7 cm³/mol. The first-order valence-electron chi connectivity index (χ1n) is 5.38. The fourth-order valence-electron chi connectivity index (χ4n) is 1.98. The van der Waals surface area contributed by atoms with Gasteiger partial charge in [-0.2, -0.15) is 0 Å². The van der Waals surface area contributed by atoms with Crippen LogP contribution in [-0.2, 0) is 9.47 Å². The van der Waals surface area contributed by atoms with Crippen LogP contribution in [0.1, 0.15) is 19.3 Å². The minimum Gasteiger partial charge on any atom is -0.376 e. The summed E-state index contributed by atoms with van der Waals surface area (Å²) in [6, 6.07) is 0. The van der Waals surface area contributed by atoms with Gasteiger partial charge in [0.25, 0.3) is 0 Å². The molecule has 0 bridgehead atoms. The quantitative estimate of drug-likeness (QED) is 0.716. The second kappa shape index (κ2) is 4.75. The summed E-state index contributed by atoms with van der Waals surface area (Å²) in [4.78, 5) is 2.13. The minimum atomic E-state index is 0.169. The van der Waals surface area contributed by atoms with Crippen molar-refractivity contribution in [3.63, 3.8) is 0 Å². The SMILES string of the molecule is N=C1CCCCN1CC1COCCO1. The Morgan fingerprint density at radius 3 is 3.00 bits per heavy atom. The van der Waals surface area contributed by atoms with Crippen molar-refractivity contribution >= 4 is 5.84 Å². The lowest BCUT2D eigenvalue weighted by molar-refractivity contribution is -0.0933. The van der Waals surface area contributed by atoms with E-state index >= 15 is 0 Å². The average molecular weight is 198 g/mol. The molecule has 0 radical (unpaired) electrons. The van der Waals surface area contributed by atoms with Gasteiger partial charge in [0, 0.05) is 19.5 Å². The highest BCUT2D eigenvalue weighted by Crippen LogP contribution is 2.13. The molecule has 80 valence electrons. The zero-order valence-electron chi connectivity index (χ0n) is 8.50. The summed E-state index contributed by atoms with van der Waals surface area (Å²) < 4.78 is 10.9. The van der Waals surface area contributed by atoms with Gasteiger partial charge in [0.05, 0.1) is 31.8 Å². The molecule has 4 nitrogen and oxygen atoms in total. The Kier molecular flexibility index (Phi) is 3.37. The fraction of sp³-hybridized carbons (Fsp3) is 0.900. The topological polar surface area (TPSA) is 45.6 Å². The van der Waals surface area contributed by atoms with Crippen LogP contribution in [0.5, 0.6) is 0 Å². The van der Waals surface area contributed by atoms with E-state index in [0.29, 0.717) is 19.8 Å². The molecular weight excluding hydrogens is 180 g/mol. The highest BCUT2D eigenvalue weighted by atomic mass is 16.6. The molecule has 2 saturated heterocycles. The molecule has 0 aliphatic carbocycles. The van der Waals surface area contributed by atoms with Crippen molar-refractivity contribution in [2.24, 2.45) is 0 Å². The number of nitrogens with one attached hydrogen (secondary N) is 1. The van der Waals surface area contributed by atoms with Crippen molar-refractivity contribution in [2.45, 2.75) is 25.4 Å². The summed E-state index contributed by atoms with van der Waals surface area (Å²) in [6.45, 7) is 3.95. The molecule has 2 aliphatic rings. The number of ether oxygens (including phenoxy) is 2. The van der Waals surface area contributed by atoms with Crippen LogP contribution in [-0.4, -0.2) is 49.7 Å². The van der Waals surface area contributed by atoms with Gasteiger partial charge in [-0.15, -0.1) is 0 Å². The van der Waals surface area contributed by atoms with E-state index in [2.05, 4.69) is 4.90 Å². The number of likely N-dealkylation sites (tertiary alicyclic amines) is 1. The van der Waals surface area contributed by atoms with E-state index in [4.69, 9.17) is 14.9 Å². The van der Waals surface area contributed by atoms with Crippen molar-refractivity contribution in [3.05, 3.63) is 0 Å². The number of hydrogen-bond donors (Lipinski definition) is 1. The molecule has 0 saturated carbocycles. The Labute approximate surface area is 84.7 Å². The zero-order valence-corrected chi connectivity index (χ0v) is 8.50. The van der Waals surface area contributed by atoms with Gasteiger partial charge in [0.1, 0.15) is 0 Å². The molecule has 0 aromatic rings. The Morgan fingerprint density at radius 2 is 2.29 bits per heavy atom. The van der Waals surface area contributed by atoms with E-state index in [1.54, 1.807) is 0 Å². The van der Waals surface area contributed by atoms with Crippen molar-refractivity contribution in [3.8, 4) is 0 Å². The Balaban J connectivity index is 1.79. The minimum absolute atomic E-state index is 0.169. The lowest BCUT2D eigenvalue weighted by Crippen LogP contribution is -2.44. The van der Waals surface area contributed by atoms with Crippen molar-refractivity contribution in [2.75, 3.05) is 32.9 Å². The molecule has 0 aromatic heterocycles. The van der Waals surface area contributed by atoms with Gasteiger partial charge < -0.3 is 14.4 Å². The second-order valence-electron chi connectivity index (χ2n) is 3.92. The molecule has 0 aromatic carbocycles. The van der Waals surface area contributed by atoms with Crippen LogP contribution in [0.4, 0.5) is 0 Å². The first kappa shape index (κ1) is 9.93. The molecule has 14 heavy (non-hydrogen) atoms. The lowest BCUT2D eigenvalue weighted by atomic mass is 10.1. The molecule has 1 N–H and O–H groups in total. The third kappa shape index (κ3) is 2.45. The van der Waals surface area contributed by atoms with Gasteiger partial charge in [-0.3, -0.25) is 5.41 Å². The highest BCUT2D eigenvalue weighted by Gasteiger charge is 2.21. The largest absolute Gasteiger partial charge is 0.376 e. The third-order valence-corrected chi connectivity index (χ3v) is 2.78. The molecule has 1 unspecified atom stereocenters. The molecule has 2 rings (SSSR count). The maximum Gasteiger partial charge on any atom is 0.0984 e. The standard InChI is InChI=1S/C10H18N2O2/c11-10-3-1-2-4-12(10)7-9-8-13-5-6-14-9/h9,11H,1-8H2. The molecule has 0 amide bonds. The zero-order chi connectivity index (χ0) is 9.80. The van der Waals surface area contributed by atoms with Crippen molar-refractivity contribution < 1.29 is 9.47 Å². The normalized spacial score (nSPS) is 29.3. The molecular formula is C10H18N2O2. The van der Waals surface area contributed by atoms with Crippen LogP contribution in [0, 0.1) is 5.41 Å². The van der Waals surface area contributed by atoms with Gasteiger partial charge in [0.2, 0.25) is 0 Å². The van der Waals surface area contributed by atoms with E-state index in [0.717, 1.165) is 31.8 Å². The number of hydrogen-bond acceptors (Lipinski definition) is 3. The number of amidine groups is 1. The van der Waals surface area contributed by atoms with E-state index in [9.17, 15) is 0 Å². The Hall–Kier alpha value is -0.610. The summed E-state index contributed by atoms with van der Waals surface area (Å²) in [5.74, 6) is 0.769. The van der Waals surface area contributed by atoms with Crippen LogP contribution in [0.15, 0.2) is 0 Å². The Morgan fingerprint density at radius 1 is 1.36 bits per heavy atom. The van der Waals surface area contributed by atoms with Crippen molar-refractivity contribution in [1.82, 2.24) is 4.90 Å². The second-order valence-corrected chi connectivity index (χ2v) is 3.92. The van der Waals surface area contributed by atoms with Gasteiger partial charge in [-0.25, -0.2) is 0 Å². The molecule has 2 aliphatic heterocycles. The van der Waals surface area contributed by atoms with Gasteiger partial charge in [-0.05, 0) is 12.8 Å². The van der Waals surface area contributed by atoms with E-state index in [1.165, 1.54) is 6.42 Å². The van der Waals surface area contributed by atoms with Crippen LogP contribution in [0.25, 0.3) is 0 Å². The predicted octanol–water partition coefficient (Wildman–Crippen LogP) is 0.865. The molecule has 4 heteroatoms. The summed E-state index contributed by atoms with van der Waals surface area (Å²) in [5.41, 5.74) is 0. The van der Waals surface area contributed by atoms with Gasteiger partial charge in [-0.1, -0.05) is 0 Å². The van der Waals surface area contributed by atoms with Gasteiger partial charge >= 0.3 is 0 Å². The highest BCUT2D eigenvalue weighted by molar-refractivity contribution is 5.79. The van der Waals surface area contributed by atoms with Crippen LogP contribution in [0.3, 0.4) is 0 Å². The van der Waals surface area contributed by atoms with E-state index in [1.807, 2.05) is 0 Å². The molecule has 1 atom stereocenters. The smallest absolute Gasteiger partial charge is 0.0984 e. The van der Waals surface area contributed by atoms with E-state index < -0.39 is 0 Å². The van der Waals surface area contributed by atoms with Crippen LogP contribution < -0.4 is 0 Å². The van der Waals surface area contributed by atoms with Crippen LogP contribution >= 0.6 is 0 Å². The number of nitrogens with zero attached hydrogens (tertiary/aromatic N) is 1. The molecule has 2 fully saturated rings.